The Morgan fingerprint density at radius 1 is 1.21 bits per heavy atom. The summed E-state index contributed by atoms with van der Waals surface area (Å²) in [5, 5.41) is 3.12. The molecule has 1 saturated carbocycles. The first kappa shape index (κ1) is 15.8. The molecule has 5 heteroatoms. The van der Waals surface area contributed by atoms with Gasteiger partial charge >= 0.3 is 0 Å². The minimum absolute atomic E-state index is 0.0813. The Balaban J connectivity index is 1.28. The van der Waals surface area contributed by atoms with Crippen LogP contribution in [0.2, 0.25) is 0 Å². The number of benzene rings is 1. The summed E-state index contributed by atoms with van der Waals surface area (Å²) in [7, 11) is 0. The number of amides is 1. The maximum absolute atomic E-state index is 12.2. The van der Waals surface area contributed by atoms with E-state index >= 15 is 0 Å². The van der Waals surface area contributed by atoms with Crippen molar-refractivity contribution in [1.29, 1.82) is 0 Å². The lowest BCUT2D eigenvalue weighted by Gasteiger charge is -2.22. The number of nitrogens with one attached hydrogen (secondary N) is 1. The van der Waals surface area contributed by atoms with Gasteiger partial charge in [0.2, 0.25) is 12.7 Å². The van der Waals surface area contributed by atoms with Crippen LogP contribution in [0.15, 0.2) is 18.2 Å². The third kappa shape index (κ3) is 3.36. The molecule has 2 aliphatic heterocycles. The summed E-state index contributed by atoms with van der Waals surface area (Å²) >= 11 is 0. The van der Waals surface area contributed by atoms with Gasteiger partial charge in [0.15, 0.2) is 11.5 Å². The fourth-order valence-electron chi connectivity index (χ4n) is 3.63. The van der Waals surface area contributed by atoms with Crippen molar-refractivity contribution in [3.05, 3.63) is 23.8 Å². The van der Waals surface area contributed by atoms with E-state index in [1.165, 1.54) is 12.0 Å². The van der Waals surface area contributed by atoms with Crippen LogP contribution in [0, 0.1) is 0 Å². The van der Waals surface area contributed by atoms with E-state index in [1.807, 2.05) is 6.07 Å². The molecule has 1 saturated heterocycles. The van der Waals surface area contributed by atoms with Crippen LogP contribution < -0.4 is 14.8 Å². The van der Waals surface area contributed by atoms with Gasteiger partial charge in [-0.05, 0) is 56.2 Å². The lowest BCUT2D eigenvalue weighted by atomic mass is 9.95. The third-order valence-electron chi connectivity index (χ3n) is 5.43. The summed E-state index contributed by atoms with van der Waals surface area (Å²) in [5.74, 6) is 1.77. The zero-order chi connectivity index (χ0) is 16.4. The molecule has 3 aliphatic rings. The minimum atomic E-state index is 0.0813. The molecule has 130 valence electrons. The van der Waals surface area contributed by atoms with Crippen molar-refractivity contribution in [3.63, 3.8) is 0 Å². The first-order valence-electron chi connectivity index (χ1n) is 9.04. The van der Waals surface area contributed by atoms with Crippen LogP contribution in [-0.4, -0.2) is 32.0 Å². The van der Waals surface area contributed by atoms with E-state index in [9.17, 15) is 4.79 Å². The van der Waals surface area contributed by atoms with Crippen molar-refractivity contribution in [2.45, 2.75) is 56.5 Å². The average Bonchev–Trinajstić information content (AvgIpc) is 3.27. The molecule has 1 aromatic carbocycles. The van der Waals surface area contributed by atoms with Crippen LogP contribution in [-0.2, 0) is 14.9 Å². The highest BCUT2D eigenvalue weighted by Crippen LogP contribution is 2.49. The summed E-state index contributed by atoms with van der Waals surface area (Å²) in [6.45, 7) is 1.85. The molecule has 4 rings (SSSR count). The minimum Gasteiger partial charge on any atom is -0.454 e. The zero-order valence-electron chi connectivity index (χ0n) is 14.0. The van der Waals surface area contributed by atoms with E-state index in [0.29, 0.717) is 19.8 Å². The fourth-order valence-corrected chi connectivity index (χ4v) is 3.63. The van der Waals surface area contributed by atoms with Gasteiger partial charge in [0.25, 0.3) is 0 Å². The summed E-state index contributed by atoms with van der Waals surface area (Å²) in [6.07, 6.45) is 7.35. The molecule has 1 aliphatic carbocycles. The normalized spacial score (nSPS) is 23.8. The second-order valence-corrected chi connectivity index (χ2v) is 7.15. The SMILES string of the molecule is O=C(CC[C@H]1CCCCO1)NCC1(c2ccc3c(c2)OCO3)CC1. The standard InChI is InChI=1S/C19H25NO4/c21-18(7-5-15-3-1-2-10-22-15)20-12-19(8-9-19)14-4-6-16-17(11-14)24-13-23-16/h4,6,11,15H,1-3,5,7-10,12-13H2,(H,20,21)/t15-/m1/s1. The quantitative estimate of drug-likeness (QED) is 0.871. The van der Waals surface area contributed by atoms with Crippen molar-refractivity contribution >= 4 is 5.91 Å². The number of rotatable bonds is 6. The molecule has 1 amide bonds. The number of fused-ring (bicyclic) bond motifs is 1. The van der Waals surface area contributed by atoms with Crippen LogP contribution in [0.3, 0.4) is 0 Å². The number of carbonyl (C=O) groups is 1. The predicted molar refractivity (Wildman–Crippen MR) is 89.3 cm³/mol. The van der Waals surface area contributed by atoms with Gasteiger partial charge in [-0.3, -0.25) is 4.79 Å². The van der Waals surface area contributed by atoms with Crippen molar-refractivity contribution in [1.82, 2.24) is 5.32 Å². The van der Waals surface area contributed by atoms with E-state index in [0.717, 1.165) is 50.2 Å². The molecule has 2 heterocycles. The molecule has 5 nitrogen and oxygen atoms in total. The molecule has 1 N–H and O–H groups in total. The second kappa shape index (κ2) is 6.63. The van der Waals surface area contributed by atoms with Gasteiger partial charge in [-0.1, -0.05) is 6.07 Å². The van der Waals surface area contributed by atoms with Crippen LogP contribution in [0.1, 0.15) is 50.5 Å². The van der Waals surface area contributed by atoms with Crippen LogP contribution in [0.5, 0.6) is 11.5 Å². The fraction of sp³-hybridized carbons (Fsp3) is 0.632. The predicted octanol–water partition coefficient (Wildman–Crippen LogP) is 2.91. The highest BCUT2D eigenvalue weighted by molar-refractivity contribution is 5.76. The second-order valence-electron chi connectivity index (χ2n) is 7.15. The molecule has 0 radical (unpaired) electrons. The van der Waals surface area contributed by atoms with E-state index < -0.39 is 0 Å². The molecule has 2 fully saturated rings. The van der Waals surface area contributed by atoms with Gasteiger partial charge in [-0.25, -0.2) is 0 Å². The average molecular weight is 331 g/mol. The van der Waals surface area contributed by atoms with Crippen molar-refractivity contribution in [3.8, 4) is 11.5 Å². The first-order chi connectivity index (χ1) is 11.8. The molecule has 0 spiro atoms. The summed E-state index contributed by atoms with van der Waals surface area (Å²) in [6, 6.07) is 6.14. The van der Waals surface area contributed by atoms with Crippen molar-refractivity contribution in [2.24, 2.45) is 0 Å². The lowest BCUT2D eigenvalue weighted by Crippen LogP contribution is -2.33. The Morgan fingerprint density at radius 2 is 2.08 bits per heavy atom. The molecule has 0 bridgehead atoms. The Kier molecular flexibility index (Phi) is 4.35. The van der Waals surface area contributed by atoms with E-state index in [4.69, 9.17) is 14.2 Å². The van der Waals surface area contributed by atoms with Gasteiger partial charge in [-0.2, -0.15) is 0 Å². The largest absolute Gasteiger partial charge is 0.454 e. The van der Waals surface area contributed by atoms with Gasteiger partial charge in [0, 0.05) is 25.0 Å². The first-order valence-corrected chi connectivity index (χ1v) is 9.04. The van der Waals surface area contributed by atoms with Gasteiger partial charge in [-0.15, -0.1) is 0 Å². The zero-order valence-corrected chi connectivity index (χ0v) is 14.0. The van der Waals surface area contributed by atoms with Crippen LogP contribution in [0.25, 0.3) is 0 Å². The molecule has 1 atom stereocenters. The Labute approximate surface area is 142 Å². The van der Waals surface area contributed by atoms with Gasteiger partial charge in [0.05, 0.1) is 6.10 Å². The highest BCUT2D eigenvalue weighted by Gasteiger charge is 2.45. The molecular formula is C19H25NO4. The number of carbonyl (C=O) groups excluding carboxylic acids is 1. The maximum Gasteiger partial charge on any atom is 0.231 e. The molecule has 24 heavy (non-hydrogen) atoms. The molecule has 1 aromatic rings. The number of ether oxygens (including phenoxy) is 3. The number of hydrogen-bond acceptors (Lipinski definition) is 4. The smallest absolute Gasteiger partial charge is 0.231 e. The van der Waals surface area contributed by atoms with E-state index in [-0.39, 0.29) is 17.4 Å². The lowest BCUT2D eigenvalue weighted by molar-refractivity contribution is -0.122. The summed E-state index contributed by atoms with van der Waals surface area (Å²) < 4.78 is 16.5. The van der Waals surface area contributed by atoms with Gasteiger partial charge in [0.1, 0.15) is 0 Å². The topological polar surface area (TPSA) is 56.8 Å². The summed E-state index contributed by atoms with van der Waals surface area (Å²) in [5.41, 5.74) is 1.32. The Bertz CT molecular complexity index is 605. The third-order valence-corrected chi connectivity index (χ3v) is 5.43. The highest BCUT2D eigenvalue weighted by atomic mass is 16.7. The molecular weight excluding hydrogens is 306 g/mol. The Morgan fingerprint density at radius 3 is 2.88 bits per heavy atom. The Hall–Kier alpha value is -1.75. The molecule has 0 unspecified atom stereocenters. The van der Waals surface area contributed by atoms with Crippen LogP contribution >= 0.6 is 0 Å². The van der Waals surface area contributed by atoms with E-state index in [2.05, 4.69) is 17.4 Å². The van der Waals surface area contributed by atoms with E-state index in [1.54, 1.807) is 0 Å². The van der Waals surface area contributed by atoms with Crippen molar-refractivity contribution < 1.29 is 19.0 Å². The van der Waals surface area contributed by atoms with Crippen molar-refractivity contribution in [2.75, 3.05) is 19.9 Å². The van der Waals surface area contributed by atoms with Crippen LogP contribution in [0.4, 0.5) is 0 Å². The monoisotopic (exact) mass is 331 g/mol. The summed E-state index contributed by atoms with van der Waals surface area (Å²) in [4.78, 5) is 12.2. The number of hydrogen-bond donors (Lipinski definition) is 1. The molecule has 0 aromatic heterocycles. The van der Waals surface area contributed by atoms with Gasteiger partial charge < -0.3 is 19.5 Å². The maximum atomic E-state index is 12.2.